The number of phenols is 1. The predicted molar refractivity (Wildman–Crippen MR) is 74.1 cm³/mol. The van der Waals surface area contributed by atoms with E-state index in [1.807, 2.05) is 12.1 Å². The summed E-state index contributed by atoms with van der Waals surface area (Å²) in [6.07, 6.45) is 3.03. The van der Waals surface area contributed by atoms with Gasteiger partial charge in [-0.05, 0) is 30.5 Å². The van der Waals surface area contributed by atoms with Gasteiger partial charge in [-0.25, -0.2) is 0 Å². The summed E-state index contributed by atoms with van der Waals surface area (Å²) < 4.78 is 5.79. The molecule has 1 aliphatic heterocycles. The van der Waals surface area contributed by atoms with Crippen molar-refractivity contribution in [1.82, 2.24) is 10.2 Å². The van der Waals surface area contributed by atoms with Gasteiger partial charge in [0.25, 0.3) is 0 Å². The average molecular weight is 262 g/mol. The van der Waals surface area contributed by atoms with Crippen molar-refractivity contribution in [3.63, 3.8) is 0 Å². The molecule has 2 N–H and O–H groups in total. The molecule has 19 heavy (non-hydrogen) atoms. The lowest BCUT2D eigenvalue weighted by atomic mass is 10.2. The number of aromatic hydroxyl groups is 1. The number of nitrogens with zero attached hydrogens (tertiary/aromatic N) is 1. The van der Waals surface area contributed by atoms with E-state index in [0.717, 1.165) is 44.4 Å². The van der Waals surface area contributed by atoms with E-state index in [2.05, 4.69) is 10.2 Å². The smallest absolute Gasteiger partial charge is 0.115 e. The summed E-state index contributed by atoms with van der Waals surface area (Å²) in [5.41, 5.74) is 1.11. The molecule has 4 nitrogen and oxygen atoms in total. The van der Waals surface area contributed by atoms with Crippen molar-refractivity contribution in [3.8, 4) is 5.75 Å². The van der Waals surface area contributed by atoms with Gasteiger partial charge in [0, 0.05) is 32.2 Å². The quantitative estimate of drug-likeness (QED) is 0.840. The molecule has 0 aromatic heterocycles. The molecule has 1 aliphatic carbocycles. The molecule has 0 amide bonds. The first kappa shape index (κ1) is 12.9. The lowest BCUT2D eigenvalue weighted by molar-refractivity contribution is -0.0301. The number of nitrogens with one attached hydrogen (secondary N) is 1. The van der Waals surface area contributed by atoms with Crippen LogP contribution < -0.4 is 5.32 Å². The average Bonchev–Trinajstić information content (AvgIpc) is 3.23. The molecule has 2 aliphatic rings. The van der Waals surface area contributed by atoms with Crippen molar-refractivity contribution in [3.05, 3.63) is 29.8 Å². The largest absolute Gasteiger partial charge is 0.508 e. The third-order valence-electron chi connectivity index (χ3n) is 3.85. The second-order valence-electron chi connectivity index (χ2n) is 5.52. The van der Waals surface area contributed by atoms with Crippen LogP contribution in [0, 0.1) is 0 Å². The molecule has 1 heterocycles. The lowest BCUT2D eigenvalue weighted by Crippen LogP contribution is -2.47. The van der Waals surface area contributed by atoms with Crippen molar-refractivity contribution < 1.29 is 9.84 Å². The van der Waals surface area contributed by atoms with Gasteiger partial charge < -0.3 is 15.2 Å². The zero-order valence-electron chi connectivity index (χ0n) is 11.2. The van der Waals surface area contributed by atoms with Crippen molar-refractivity contribution in [2.45, 2.75) is 31.5 Å². The Morgan fingerprint density at radius 3 is 3.05 bits per heavy atom. The SMILES string of the molecule is Oc1cccc(CNCC2CN(C3CC3)CCO2)c1. The van der Waals surface area contributed by atoms with Crippen molar-refractivity contribution in [2.24, 2.45) is 0 Å². The van der Waals surface area contributed by atoms with Crippen LogP contribution in [0.25, 0.3) is 0 Å². The second-order valence-corrected chi connectivity index (χ2v) is 5.52. The molecule has 1 saturated carbocycles. The van der Waals surface area contributed by atoms with E-state index in [9.17, 15) is 5.11 Å². The summed E-state index contributed by atoms with van der Waals surface area (Å²) >= 11 is 0. The van der Waals surface area contributed by atoms with E-state index < -0.39 is 0 Å². The highest BCUT2D eigenvalue weighted by Crippen LogP contribution is 2.28. The minimum atomic E-state index is 0.298. The van der Waals surface area contributed by atoms with E-state index in [-0.39, 0.29) is 0 Å². The number of rotatable bonds is 5. The molecule has 3 rings (SSSR count). The summed E-state index contributed by atoms with van der Waals surface area (Å²) in [6.45, 7) is 4.65. The maximum Gasteiger partial charge on any atom is 0.115 e. The van der Waals surface area contributed by atoms with Crippen molar-refractivity contribution >= 4 is 0 Å². The minimum absolute atomic E-state index is 0.298. The standard InChI is InChI=1S/C15H22N2O2/c18-14-3-1-2-12(8-14)9-16-10-15-11-17(6-7-19-15)13-4-5-13/h1-3,8,13,15-16,18H,4-7,9-11H2. The zero-order chi connectivity index (χ0) is 13.1. The van der Waals surface area contributed by atoms with Gasteiger partial charge >= 0.3 is 0 Å². The number of ether oxygens (including phenoxy) is 1. The fourth-order valence-corrected chi connectivity index (χ4v) is 2.68. The monoisotopic (exact) mass is 262 g/mol. The van der Waals surface area contributed by atoms with Crippen molar-refractivity contribution in [2.75, 3.05) is 26.2 Å². The molecule has 2 fully saturated rings. The molecule has 1 atom stereocenters. The Labute approximate surface area is 114 Å². The van der Waals surface area contributed by atoms with Gasteiger partial charge in [0.05, 0.1) is 12.7 Å². The Kier molecular flexibility index (Phi) is 4.01. The normalized spacial score (nSPS) is 24.5. The highest BCUT2D eigenvalue weighted by molar-refractivity contribution is 5.26. The molecule has 4 heteroatoms. The molecular weight excluding hydrogens is 240 g/mol. The molecule has 0 spiro atoms. The van der Waals surface area contributed by atoms with Gasteiger partial charge in [-0.1, -0.05) is 12.1 Å². The fraction of sp³-hybridized carbons (Fsp3) is 0.600. The third kappa shape index (κ3) is 3.69. The zero-order valence-corrected chi connectivity index (χ0v) is 11.2. The molecule has 1 aromatic carbocycles. The number of morpholine rings is 1. The molecule has 1 aromatic rings. The summed E-state index contributed by atoms with van der Waals surface area (Å²) in [4.78, 5) is 2.56. The maximum atomic E-state index is 9.40. The van der Waals surface area contributed by atoms with Crippen LogP contribution in [0.2, 0.25) is 0 Å². The highest BCUT2D eigenvalue weighted by atomic mass is 16.5. The maximum absolute atomic E-state index is 9.40. The van der Waals surface area contributed by atoms with Crippen LogP contribution in [0.15, 0.2) is 24.3 Å². The minimum Gasteiger partial charge on any atom is -0.508 e. The van der Waals surface area contributed by atoms with E-state index in [0.29, 0.717) is 11.9 Å². The Balaban J connectivity index is 1.41. The number of benzene rings is 1. The van der Waals surface area contributed by atoms with Gasteiger partial charge in [-0.15, -0.1) is 0 Å². The van der Waals surface area contributed by atoms with Crippen LogP contribution in [0.1, 0.15) is 18.4 Å². The predicted octanol–water partition coefficient (Wildman–Crippen LogP) is 1.34. The third-order valence-corrected chi connectivity index (χ3v) is 3.85. The molecule has 1 unspecified atom stereocenters. The molecule has 0 radical (unpaired) electrons. The Morgan fingerprint density at radius 2 is 2.26 bits per heavy atom. The number of phenolic OH excluding ortho intramolecular Hbond substituents is 1. The molecular formula is C15H22N2O2. The van der Waals surface area contributed by atoms with Crippen molar-refractivity contribution in [1.29, 1.82) is 0 Å². The topological polar surface area (TPSA) is 44.7 Å². The van der Waals surface area contributed by atoms with E-state index in [4.69, 9.17) is 4.74 Å². The Bertz CT molecular complexity index is 420. The Morgan fingerprint density at radius 1 is 1.37 bits per heavy atom. The van der Waals surface area contributed by atoms with Gasteiger partial charge in [-0.2, -0.15) is 0 Å². The first-order chi connectivity index (χ1) is 9.31. The summed E-state index contributed by atoms with van der Waals surface area (Å²) in [7, 11) is 0. The molecule has 0 bridgehead atoms. The first-order valence-corrected chi connectivity index (χ1v) is 7.15. The molecule has 1 saturated heterocycles. The van der Waals surface area contributed by atoms with E-state index >= 15 is 0 Å². The van der Waals surface area contributed by atoms with E-state index in [1.165, 1.54) is 12.8 Å². The Hall–Kier alpha value is -1.10. The second kappa shape index (κ2) is 5.90. The van der Waals surface area contributed by atoms with Gasteiger partial charge in [0.15, 0.2) is 0 Å². The number of hydrogen-bond donors (Lipinski definition) is 2. The van der Waals surface area contributed by atoms with Gasteiger partial charge in [0.2, 0.25) is 0 Å². The van der Waals surface area contributed by atoms with Crippen LogP contribution in [0.3, 0.4) is 0 Å². The molecule has 104 valence electrons. The highest BCUT2D eigenvalue weighted by Gasteiger charge is 2.32. The summed E-state index contributed by atoms with van der Waals surface area (Å²) in [6, 6.07) is 8.22. The van der Waals surface area contributed by atoms with Crippen LogP contribution in [-0.2, 0) is 11.3 Å². The fourth-order valence-electron chi connectivity index (χ4n) is 2.68. The lowest BCUT2D eigenvalue weighted by Gasteiger charge is -2.33. The van der Waals surface area contributed by atoms with Gasteiger partial charge in [-0.3, -0.25) is 4.90 Å². The van der Waals surface area contributed by atoms with E-state index in [1.54, 1.807) is 12.1 Å². The number of hydrogen-bond acceptors (Lipinski definition) is 4. The summed E-state index contributed by atoms with van der Waals surface area (Å²) in [5, 5.41) is 12.8. The van der Waals surface area contributed by atoms with Crippen LogP contribution in [-0.4, -0.2) is 48.4 Å². The van der Waals surface area contributed by atoms with Crippen LogP contribution >= 0.6 is 0 Å². The van der Waals surface area contributed by atoms with Crippen LogP contribution in [0.4, 0.5) is 0 Å². The van der Waals surface area contributed by atoms with Crippen LogP contribution in [0.5, 0.6) is 5.75 Å². The summed E-state index contributed by atoms with van der Waals surface area (Å²) in [5.74, 6) is 0.327. The van der Waals surface area contributed by atoms with Gasteiger partial charge in [0.1, 0.15) is 5.75 Å². The first-order valence-electron chi connectivity index (χ1n) is 7.15.